The second-order valence-corrected chi connectivity index (χ2v) is 6.61. The molecule has 2 aromatic heterocycles. The Morgan fingerprint density at radius 1 is 1.23 bits per heavy atom. The zero-order valence-corrected chi connectivity index (χ0v) is 14.1. The van der Waals surface area contributed by atoms with Gasteiger partial charge >= 0.3 is 6.18 Å². The van der Waals surface area contributed by atoms with Crippen molar-refractivity contribution in [2.75, 3.05) is 5.32 Å². The van der Waals surface area contributed by atoms with Crippen LogP contribution in [0.25, 0.3) is 16.6 Å². The molecule has 26 heavy (non-hydrogen) atoms. The average molecular weight is 360 g/mol. The fraction of sp³-hybridized carbons (Fsp3) is 0.278. The van der Waals surface area contributed by atoms with Crippen molar-refractivity contribution in [1.29, 1.82) is 0 Å². The van der Waals surface area contributed by atoms with Crippen LogP contribution in [0.15, 0.2) is 30.6 Å². The van der Waals surface area contributed by atoms with Crippen LogP contribution in [-0.4, -0.2) is 20.5 Å². The monoisotopic (exact) mass is 360 g/mol. The van der Waals surface area contributed by atoms with Crippen LogP contribution in [0.4, 0.5) is 18.9 Å². The zero-order chi connectivity index (χ0) is 18.6. The maximum atomic E-state index is 13.1. The second-order valence-electron chi connectivity index (χ2n) is 6.61. The minimum atomic E-state index is -4.53. The molecule has 0 spiro atoms. The molecule has 3 heterocycles. The summed E-state index contributed by atoms with van der Waals surface area (Å²) in [5.74, 6) is -0.0862. The Kier molecular flexibility index (Phi) is 3.54. The summed E-state index contributed by atoms with van der Waals surface area (Å²) in [6, 6.07) is 6.42. The smallest absolute Gasteiger partial charge is 0.326 e. The highest BCUT2D eigenvalue weighted by atomic mass is 19.4. The number of fused-ring (bicyclic) bond motifs is 2. The van der Waals surface area contributed by atoms with E-state index in [0.29, 0.717) is 16.8 Å². The largest absolute Gasteiger partial charge is 0.433 e. The van der Waals surface area contributed by atoms with E-state index >= 15 is 0 Å². The van der Waals surface area contributed by atoms with Gasteiger partial charge in [-0.3, -0.25) is 4.79 Å². The van der Waals surface area contributed by atoms with E-state index in [1.807, 2.05) is 19.9 Å². The third kappa shape index (κ3) is 2.61. The van der Waals surface area contributed by atoms with Gasteiger partial charge in [-0.15, -0.1) is 0 Å². The molecule has 8 heteroatoms. The molecule has 0 fully saturated rings. The predicted octanol–water partition coefficient (Wildman–Crippen LogP) is 4.03. The molecule has 1 aliphatic rings. The Morgan fingerprint density at radius 2 is 2.00 bits per heavy atom. The van der Waals surface area contributed by atoms with Gasteiger partial charge in [0.1, 0.15) is 12.0 Å². The molecular formula is C18H15F3N4O. The Hall–Kier alpha value is -2.90. The van der Waals surface area contributed by atoms with Gasteiger partial charge in [-0.25, -0.2) is 9.50 Å². The number of rotatable bonds is 2. The summed E-state index contributed by atoms with van der Waals surface area (Å²) in [5.41, 5.74) is 3.00. The number of benzene rings is 1. The Labute approximate surface area is 146 Å². The maximum Gasteiger partial charge on any atom is 0.433 e. The molecule has 0 unspecified atom stereocenters. The van der Waals surface area contributed by atoms with Crippen molar-refractivity contribution in [1.82, 2.24) is 14.6 Å². The molecule has 0 bridgehead atoms. The summed E-state index contributed by atoms with van der Waals surface area (Å²) in [4.78, 5) is 15.1. The van der Waals surface area contributed by atoms with Gasteiger partial charge < -0.3 is 5.32 Å². The van der Waals surface area contributed by atoms with E-state index < -0.39 is 11.9 Å². The molecule has 0 aliphatic carbocycles. The van der Waals surface area contributed by atoms with Gasteiger partial charge in [0, 0.05) is 11.3 Å². The summed E-state index contributed by atoms with van der Waals surface area (Å²) < 4.78 is 40.7. The van der Waals surface area contributed by atoms with Crippen LogP contribution in [0.5, 0.6) is 0 Å². The number of nitrogens with zero attached hydrogens (tertiary/aromatic N) is 3. The summed E-state index contributed by atoms with van der Waals surface area (Å²) >= 11 is 0. The van der Waals surface area contributed by atoms with Crippen molar-refractivity contribution < 1.29 is 18.0 Å². The molecule has 0 radical (unpaired) electrons. The van der Waals surface area contributed by atoms with E-state index in [2.05, 4.69) is 15.4 Å². The molecule has 0 atom stereocenters. The highest BCUT2D eigenvalue weighted by Crippen LogP contribution is 2.37. The molecular weight excluding hydrogens is 345 g/mol. The standard InChI is InChI=1S/C18H15F3N4O/c1-9(2)17-16(10-3-4-12-11(5-10)6-15(26)23-12)13-7-14(18(19,20)21)22-8-25(13)24-17/h3-5,7-9H,6H2,1-2H3,(H,23,26). The topological polar surface area (TPSA) is 59.3 Å². The van der Waals surface area contributed by atoms with Crippen LogP contribution in [0.1, 0.15) is 36.7 Å². The first-order valence-electron chi connectivity index (χ1n) is 8.12. The van der Waals surface area contributed by atoms with Crippen molar-refractivity contribution in [3.63, 3.8) is 0 Å². The SMILES string of the molecule is CC(C)c1nn2cnc(C(F)(F)F)cc2c1-c1ccc2c(c1)CC(=O)N2. The first kappa shape index (κ1) is 16.6. The van der Waals surface area contributed by atoms with Crippen LogP contribution in [0.2, 0.25) is 0 Å². The number of carbonyl (C=O) groups excluding carboxylic acids is 1. The molecule has 134 valence electrons. The number of nitrogens with one attached hydrogen (secondary N) is 1. The summed E-state index contributed by atoms with van der Waals surface area (Å²) in [6.45, 7) is 3.86. The number of alkyl halides is 3. The van der Waals surface area contributed by atoms with Gasteiger partial charge in [0.05, 0.1) is 17.6 Å². The zero-order valence-electron chi connectivity index (χ0n) is 14.1. The van der Waals surface area contributed by atoms with Gasteiger partial charge in [-0.2, -0.15) is 18.3 Å². The number of hydrogen-bond donors (Lipinski definition) is 1. The van der Waals surface area contributed by atoms with E-state index in [4.69, 9.17) is 0 Å². The molecule has 1 amide bonds. The third-order valence-corrected chi connectivity index (χ3v) is 4.41. The lowest BCUT2D eigenvalue weighted by Crippen LogP contribution is -2.08. The lowest BCUT2D eigenvalue weighted by molar-refractivity contribution is -0.141. The van der Waals surface area contributed by atoms with E-state index in [-0.39, 0.29) is 18.2 Å². The van der Waals surface area contributed by atoms with Gasteiger partial charge in [-0.05, 0) is 35.2 Å². The first-order chi connectivity index (χ1) is 12.2. The molecule has 0 saturated carbocycles. The molecule has 1 aromatic carbocycles. The lowest BCUT2D eigenvalue weighted by atomic mass is 9.96. The minimum absolute atomic E-state index is 0.00671. The summed E-state index contributed by atoms with van der Waals surface area (Å²) in [6.07, 6.45) is -3.18. The van der Waals surface area contributed by atoms with Crippen LogP contribution in [0, 0.1) is 0 Å². The van der Waals surface area contributed by atoms with Crippen molar-refractivity contribution in [3.8, 4) is 11.1 Å². The Morgan fingerprint density at radius 3 is 2.69 bits per heavy atom. The van der Waals surface area contributed by atoms with Crippen LogP contribution in [-0.2, 0) is 17.4 Å². The molecule has 1 N–H and O–H groups in total. The minimum Gasteiger partial charge on any atom is -0.326 e. The number of amides is 1. The van der Waals surface area contributed by atoms with Gasteiger partial charge in [-0.1, -0.05) is 19.9 Å². The maximum absolute atomic E-state index is 13.1. The lowest BCUT2D eigenvalue weighted by Gasteiger charge is -2.09. The van der Waals surface area contributed by atoms with Crippen molar-refractivity contribution >= 4 is 17.1 Å². The summed E-state index contributed by atoms with van der Waals surface area (Å²) in [5, 5.41) is 7.18. The predicted molar refractivity (Wildman–Crippen MR) is 89.8 cm³/mol. The van der Waals surface area contributed by atoms with Crippen molar-refractivity contribution in [2.24, 2.45) is 0 Å². The van der Waals surface area contributed by atoms with Crippen LogP contribution < -0.4 is 5.32 Å². The fourth-order valence-corrected chi connectivity index (χ4v) is 3.22. The molecule has 0 saturated heterocycles. The molecule has 1 aliphatic heterocycles. The number of aromatic nitrogens is 3. The average Bonchev–Trinajstić information content (AvgIpc) is 3.11. The number of halogens is 3. The first-order valence-corrected chi connectivity index (χ1v) is 8.12. The molecule has 4 rings (SSSR count). The van der Waals surface area contributed by atoms with E-state index in [1.54, 1.807) is 12.1 Å². The van der Waals surface area contributed by atoms with Crippen LogP contribution >= 0.6 is 0 Å². The number of carbonyl (C=O) groups is 1. The summed E-state index contributed by atoms with van der Waals surface area (Å²) in [7, 11) is 0. The third-order valence-electron chi connectivity index (χ3n) is 4.41. The van der Waals surface area contributed by atoms with Crippen LogP contribution in [0.3, 0.4) is 0 Å². The fourth-order valence-electron chi connectivity index (χ4n) is 3.22. The number of anilines is 1. The van der Waals surface area contributed by atoms with E-state index in [0.717, 1.165) is 29.2 Å². The van der Waals surface area contributed by atoms with E-state index in [1.165, 1.54) is 4.52 Å². The molecule has 3 aromatic rings. The molecule has 5 nitrogen and oxygen atoms in total. The normalized spacial score (nSPS) is 14.2. The van der Waals surface area contributed by atoms with Gasteiger partial charge in [0.2, 0.25) is 5.91 Å². The Bertz CT molecular complexity index is 1040. The second kappa shape index (κ2) is 5.55. The van der Waals surface area contributed by atoms with Crippen molar-refractivity contribution in [3.05, 3.63) is 47.5 Å². The van der Waals surface area contributed by atoms with E-state index in [9.17, 15) is 18.0 Å². The highest BCUT2D eigenvalue weighted by molar-refractivity contribution is 6.00. The quantitative estimate of drug-likeness (QED) is 0.751. The van der Waals surface area contributed by atoms with Gasteiger partial charge in [0.15, 0.2) is 0 Å². The number of hydrogen-bond acceptors (Lipinski definition) is 3. The van der Waals surface area contributed by atoms with Crippen molar-refractivity contribution in [2.45, 2.75) is 32.4 Å². The Balaban J connectivity index is 1.97. The highest BCUT2D eigenvalue weighted by Gasteiger charge is 2.33. The van der Waals surface area contributed by atoms with Gasteiger partial charge in [0.25, 0.3) is 0 Å².